The molecule has 96 valence electrons. The molecule has 0 saturated carbocycles. The largest absolute Gasteiger partial charge is 0.480 e. The summed E-state index contributed by atoms with van der Waals surface area (Å²) in [5, 5.41) is 13.8. The zero-order valence-corrected chi connectivity index (χ0v) is 9.00. The first-order valence-electron chi connectivity index (χ1n) is 4.51. The number of nitrogens with zero attached hydrogens (tertiary/aromatic N) is 2. The molecule has 0 aliphatic carbocycles. The van der Waals surface area contributed by atoms with Crippen LogP contribution in [-0.2, 0) is 11.3 Å². The number of carboxylic acids is 1. The fourth-order valence-corrected chi connectivity index (χ4v) is 0.966. The lowest BCUT2D eigenvalue weighted by atomic mass is 10.0. The average molecular weight is 253 g/mol. The molecule has 17 heavy (non-hydrogen) atoms. The third-order valence-corrected chi connectivity index (χ3v) is 2.16. The van der Waals surface area contributed by atoms with E-state index in [9.17, 15) is 18.0 Å². The summed E-state index contributed by atoms with van der Waals surface area (Å²) in [6.45, 7) is 1.54. The van der Waals surface area contributed by atoms with Gasteiger partial charge >= 0.3 is 12.1 Å². The maximum atomic E-state index is 12.6. The zero-order valence-electron chi connectivity index (χ0n) is 9.00. The molecule has 0 saturated heterocycles. The summed E-state index contributed by atoms with van der Waals surface area (Å²) in [6, 6.07) is 0. The molecule has 0 aliphatic heterocycles. The van der Waals surface area contributed by atoms with Gasteiger partial charge in [0.15, 0.2) is 5.82 Å². The van der Waals surface area contributed by atoms with Crippen LogP contribution in [0, 0.1) is 6.92 Å². The molecule has 0 amide bonds. The molecule has 1 atom stereocenters. The van der Waals surface area contributed by atoms with E-state index < -0.39 is 24.2 Å². The van der Waals surface area contributed by atoms with Crippen molar-refractivity contribution in [1.82, 2.24) is 15.5 Å². The second-order valence-corrected chi connectivity index (χ2v) is 3.51. The topological polar surface area (TPSA) is 88.2 Å². The molecule has 1 unspecified atom stereocenters. The lowest BCUT2D eigenvalue weighted by Crippen LogP contribution is -2.59. The van der Waals surface area contributed by atoms with Crippen LogP contribution in [0.3, 0.4) is 0 Å². The fourth-order valence-electron chi connectivity index (χ4n) is 0.966. The Kier molecular flexibility index (Phi) is 3.41. The molecule has 1 aromatic heterocycles. The summed E-state index contributed by atoms with van der Waals surface area (Å²) in [5.41, 5.74) is -3.05. The highest BCUT2D eigenvalue weighted by Crippen LogP contribution is 2.30. The first-order chi connectivity index (χ1) is 7.67. The van der Waals surface area contributed by atoms with Crippen LogP contribution in [0.25, 0.3) is 0 Å². The Bertz CT molecular complexity index is 418. The molecule has 2 N–H and O–H groups in total. The lowest BCUT2D eigenvalue weighted by molar-refractivity contribution is -0.206. The average Bonchev–Trinajstić information content (AvgIpc) is 2.58. The lowest BCUT2D eigenvalue weighted by Gasteiger charge is -2.28. The number of halogens is 3. The highest BCUT2D eigenvalue weighted by molar-refractivity contribution is 5.79. The number of nitrogens with one attached hydrogen (secondary N) is 1. The van der Waals surface area contributed by atoms with Crippen LogP contribution in [0.5, 0.6) is 0 Å². The third kappa shape index (κ3) is 2.73. The summed E-state index contributed by atoms with van der Waals surface area (Å²) in [6.07, 6.45) is -4.93. The standard InChI is InChI=1S/C8H10F3N3O3/c1-4-13-5(14-17-4)3-12-7(2,6(15)16)8(9,10)11/h12H,3H2,1-2H3,(H,15,16). The van der Waals surface area contributed by atoms with Crippen molar-refractivity contribution in [3.05, 3.63) is 11.7 Å². The maximum Gasteiger partial charge on any atom is 0.417 e. The Labute approximate surface area is 93.8 Å². The van der Waals surface area contributed by atoms with Gasteiger partial charge in [-0.1, -0.05) is 5.16 Å². The number of rotatable bonds is 4. The van der Waals surface area contributed by atoms with Gasteiger partial charge in [0.25, 0.3) is 0 Å². The molecule has 6 nitrogen and oxygen atoms in total. The Morgan fingerprint density at radius 2 is 2.12 bits per heavy atom. The van der Waals surface area contributed by atoms with Crippen molar-refractivity contribution in [3.8, 4) is 0 Å². The number of carboxylic acid groups (broad SMARTS) is 1. The monoisotopic (exact) mass is 253 g/mol. The van der Waals surface area contributed by atoms with E-state index >= 15 is 0 Å². The molecule has 0 radical (unpaired) electrons. The number of aromatic nitrogens is 2. The molecule has 0 fully saturated rings. The summed E-state index contributed by atoms with van der Waals surface area (Å²) < 4.78 is 42.2. The third-order valence-electron chi connectivity index (χ3n) is 2.16. The van der Waals surface area contributed by atoms with Crippen LogP contribution in [0.4, 0.5) is 13.2 Å². The Balaban J connectivity index is 2.79. The quantitative estimate of drug-likeness (QED) is 0.827. The van der Waals surface area contributed by atoms with Gasteiger partial charge in [-0.05, 0) is 6.92 Å². The SMILES string of the molecule is Cc1nc(CNC(C)(C(=O)O)C(F)(F)F)no1. The van der Waals surface area contributed by atoms with Crippen LogP contribution in [0.15, 0.2) is 4.52 Å². The highest BCUT2D eigenvalue weighted by atomic mass is 19.4. The molecule has 0 aromatic carbocycles. The number of hydrogen-bond donors (Lipinski definition) is 2. The van der Waals surface area contributed by atoms with Crippen molar-refractivity contribution in [2.24, 2.45) is 0 Å². The van der Waals surface area contributed by atoms with Crippen molar-refractivity contribution < 1.29 is 27.6 Å². The van der Waals surface area contributed by atoms with Crippen LogP contribution >= 0.6 is 0 Å². The summed E-state index contributed by atoms with van der Waals surface area (Å²) in [4.78, 5) is 14.3. The second kappa shape index (κ2) is 4.32. The minimum Gasteiger partial charge on any atom is -0.480 e. The van der Waals surface area contributed by atoms with Crippen LogP contribution in [0.2, 0.25) is 0 Å². The van der Waals surface area contributed by atoms with E-state index in [4.69, 9.17) is 5.11 Å². The number of aryl methyl sites for hydroxylation is 1. The molecule has 9 heteroatoms. The van der Waals surface area contributed by atoms with Gasteiger partial charge in [-0.25, -0.2) is 4.79 Å². The van der Waals surface area contributed by atoms with E-state index in [1.165, 1.54) is 6.92 Å². The van der Waals surface area contributed by atoms with Crippen molar-refractivity contribution in [2.75, 3.05) is 0 Å². The minimum absolute atomic E-state index is 0.0424. The van der Waals surface area contributed by atoms with Crippen molar-refractivity contribution >= 4 is 5.97 Å². The zero-order chi connectivity index (χ0) is 13.3. The van der Waals surface area contributed by atoms with Gasteiger partial charge in [0.1, 0.15) is 0 Å². The second-order valence-electron chi connectivity index (χ2n) is 3.51. The molecule has 0 bridgehead atoms. The van der Waals surface area contributed by atoms with Gasteiger partial charge in [-0.15, -0.1) is 0 Å². The number of hydrogen-bond acceptors (Lipinski definition) is 5. The van der Waals surface area contributed by atoms with Crippen molar-refractivity contribution in [1.29, 1.82) is 0 Å². The predicted octanol–water partition coefficient (Wildman–Crippen LogP) is 0.873. The number of alkyl halides is 3. The molecule has 1 rings (SSSR count). The number of carbonyl (C=O) groups is 1. The smallest absolute Gasteiger partial charge is 0.417 e. The maximum absolute atomic E-state index is 12.6. The minimum atomic E-state index is -4.93. The molecular formula is C8H10F3N3O3. The van der Waals surface area contributed by atoms with Crippen LogP contribution in [0.1, 0.15) is 18.6 Å². The van der Waals surface area contributed by atoms with Gasteiger partial charge in [0, 0.05) is 6.92 Å². The number of aliphatic carboxylic acids is 1. The first-order valence-corrected chi connectivity index (χ1v) is 4.51. The van der Waals surface area contributed by atoms with Crippen LogP contribution in [-0.4, -0.2) is 32.9 Å². The molecule has 1 aromatic rings. The Morgan fingerprint density at radius 3 is 2.47 bits per heavy atom. The Morgan fingerprint density at radius 1 is 1.53 bits per heavy atom. The van der Waals surface area contributed by atoms with E-state index in [0.717, 1.165) is 0 Å². The van der Waals surface area contributed by atoms with Crippen molar-refractivity contribution in [3.63, 3.8) is 0 Å². The van der Waals surface area contributed by atoms with Gasteiger partial charge < -0.3 is 9.63 Å². The molecule has 0 spiro atoms. The summed E-state index contributed by atoms with van der Waals surface area (Å²) in [7, 11) is 0. The van der Waals surface area contributed by atoms with E-state index in [1.54, 1.807) is 0 Å². The predicted molar refractivity (Wildman–Crippen MR) is 48.0 cm³/mol. The van der Waals surface area contributed by atoms with E-state index in [1.807, 2.05) is 5.32 Å². The van der Waals surface area contributed by atoms with E-state index in [2.05, 4.69) is 14.7 Å². The summed E-state index contributed by atoms with van der Waals surface area (Å²) >= 11 is 0. The van der Waals surface area contributed by atoms with Crippen LogP contribution < -0.4 is 5.32 Å². The fraction of sp³-hybridized carbons (Fsp3) is 0.625. The van der Waals surface area contributed by atoms with Gasteiger partial charge in [-0.3, -0.25) is 5.32 Å². The van der Waals surface area contributed by atoms with E-state index in [0.29, 0.717) is 6.92 Å². The van der Waals surface area contributed by atoms with Gasteiger partial charge in [0.2, 0.25) is 11.4 Å². The highest BCUT2D eigenvalue weighted by Gasteiger charge is 2.57. The molecular weight excluding hydrogens is 243 g/mol. The molecule has 0 aliphatic rings. The molecule has 1 heterocycles. The van der Waals surface area contributed by atoms with Gasteiger partial charge in [-0.2, -0.15) is 18.2 Å². The van der Waals surface area contributed by atoms with Gasteiger partial charge in [0.05, 0.1) is 6.54 Å². The Hall–Kier alpha value is -1.64. The van der Waals surface area contributed by atoms with E-state index in [-0.39, 0.29) is 11.7 Å². The normalized spacial score (nSPS) is 15.6. The van der Waals surface area contributed by atoms with Crippen molar-refractivity contribution in [2.45, 2.75) is 32.1 Å². The summed E-state index contributed by atoms with van der Waals surface area (Å²) in [5.74, 6) is -1.88. The first kappa shape index (κ1) is 13.4.